The van der Waals surface area contributed by atoms with Crippen LogP contribution in [0.3, 0.4) is 0 Å². The summed E-state index contributed by atoms with van der Waals surface area (Å²) < 4.78 is 0. The molecule has 96 valence electrons. The quantitative estimate of drug-likeness (QED) is 0.612. The van der Waals surface area contributed by atoms with Crippen LogP contribution in [0, 0.1) is 15.5 Å². The zero-order valence-electron chi connectivity index (χ0n) is 10.8. The molecule has 3 aliphatic rings. The molecule has 4 rings (SSSR count). The Morgan fingerprint density at radius 3 is 2.83 bits per heavy atom. The summed E-state index contributed by atoms with van der Waals surface area (Å²) in [6, 6.07) is 5.40. The van der Waals surface area contributed by atoms with E-state index in [0.717, 1.165) is 19.5 Å². The average molecular weight is 246 g/mol. The van der Waals surface area contributed by atoms with Crippen LogP contribution in [-0.2, 0) is 0 Å². The van der Waals surface area contributed by atoms with E-state index in [1.807, 2.05) is 6.07 Å². The molecule has 1 fully saturated rings. The van der Waals surface area contributed by atoms with Crippen molar-refractivity contribution in [2.45, 2.75) is 32.1 Å². The number of fused-ring (bicyclic) bond motifs is 3. The maximum absolute atomic E-state index is 10.9. The maximum Gasteiger partial charge on any atom is 0.269 e. The van der Waals surface area contributed by atoms with Gasteiger partial charge in [0.1, 0.15) is 0 Å². The highest BCUT2D eigenvalue weighted by molar-refractivity contribution is 5.47. The molecule has 2 atom stereocenters. The van der Waals surface area contributed by atoms with Crippen LogP contribution >= 0.6 is 0 Å². The molecule has 1 aliphatic carbocycles. The lowest BCUT2D eigenvalue weighted by molar-refractivity contribution is -0.385. The summed E-state index contributed by atoms with van der Waals surface area (Å²) in [4.78, 5) is 10.6. The highest BCUT2D eigenvalue weighted by Crippen LogP contribution is 2.51. The van der Waals surface area contributed by atoms with E-state index >= 15 is 0 Å². The number of benzene rings is 1. The third-order valence-corrected chi connectivity index (χ3v) is 4.55. The van der Waals surface area contributed by atoms with E-state index in [0.29, 0.717) is 11.8 Å². The van der Waals surface area contributed by atoms with Crippen LogP contribution in [0.2, 0.25) is 0 Å². The van der Waals surface area contributed by atoms with Crippen LogP contribution in [0.4, 0.5) is 5.69 Å². The smallest absolute Gasteiger partial charge is 0.269 e. The first kappa shape index (κ1) is 11.7. The summed E-state index contributed by atoms with van der Waals surface area (Å²) in [5.41, 5.74) is 2.94. The lowest BCUT2D eigenvalue weighted by Gasteiger charge is -2.40. The summed E-state index contributed by atoms with van der Waals surface area (Å²) in [7, 11) is 0. The zero-order valence-corrected chi connectivity index (χ0v) is 10.8. The Balaban J connectivity index is 2.16. The molecule has 0 amide bonds. The predicted molar refractivity (Wildman–Crippen MR) is 69.8 cm³/mol. The Hall–Kier alpha value is -1.42. The van der Waals surface area contributed by atoms with Gasteiger partial charge in [0, 0.05) is 31.1 Å². The number of nitro benzene ring substituents is 1. The second kappa shape index (κ2) is 3.79. The predicted octanol–water partition coefficient (Wildman–Crippen LogP) is 2.80. The fraction of sp³-hybridized carbons (Fsp3) is 0.571. The van der Waals surface area contributed by atoms with Crippen molar-refractivity contribution in [3.63, 3.8) is 0 Å². The second-order valence-corrected chi connectivity index (χ2v) is 6.17. The van der Waals surface area contributed by atoms with Crippen LogP contribution in [0.15, 0.2) is 18.2 Å². The van der Waals surface area contributed by atoms with Crippen molar-refractivity contribution in [1.82, 2.24) is 5.32 Å². The molecule has 2 unspecified atom stereocenters. The Bertz CT molecular complexity index is 511. The fourth-order valence-corrected chi connectivity index (χ4v) is 3.63. The van der Waals surface area contributed by atoms with Gasteiger partial charge in [0.05, 0.1) is 4.92 Å². The molecule has 1 aromatic rings. The van der Waals surface area contributed by atoms with E-state index in [2.05, 4.69) is 19.2 Å². The SMILES string of the molecule is CC1(C)CC2CNCC1c1cc([N+](=O)[O-])ccc12. The van der Waals surface area contributed by atoms with Gasteiger partial charge in [0.25, 0.3) is 5.69 Å². The molecule has 18 heavy (non-hydrogen) atoms. The summed E-state index contributed by atoms with van der Waals surface area (Å²) >= 11 is 0. The van der Waals surface area contributed by atoms with Gasteiger partial charge in [-0.2, -0.15) is 0 Å². The first-order valence-electron chi connectivity index (χ1n) is 6.48. The molecule has 1 saturated heterocycles. The lowest BCUT2D eigenvalue weighted by atomic mass is 9.63. The molecule has 0 spiro atoms. The van der Waals surface area contributed by atoms with E-state index in [4.69, 9.17) is 0 Å². The zero-order chi connectivity index (χ0) is 12.9. The Morgan fingerprint density at radius 2 is 2.11 bits per heavy atom. The number of rotatable bonds is 1. The van der Waals surface area contributed by atoms with Crippen molar-refractivity contribution < 1.29 is 4.92 Å². The molecule has 0 aromatic heterocycles. The van der Waals surface area contributed by atoms with Crippen LogP contribution in [0.1, 0.15) is 43.2 Å². The first-order valence-corrected chi connectivity index (χ1v) is 6.48. The summed E-state index contributed by atoms with van der Waals surface area (Å²) in [6.07, 6.45) is 1.16. The van der Waals surface area contributed by atoms with Gasteiger partial charge in [-0.05, 0) is 28.9 Å². The summed E-state index contributed by atoms with van der Waals surface area (Å²) in [5, 5.41) is 14.4. The van der Waals surface area contributed by atoms with Gasteiger partial charge in [-0.3, -0.25) is 10.1 Å². The van der Waals surface area contributed by atoms with Gasteiger partial charge in [-0.1, -0.05) is 19.9 Å². The van der Waals surface area contributed by atoms with Crippen molar-refractivity contribution in [3.05, 3.63) is 39.4 Å². The standard InChI is InChI=1S/C14H18N2O2/c1-14(2)6-9-7-15-8-13(14)12-5-10(16(17)18)3-4-11(9)12/h3-5,9,13,15H,6-8H2,1-2H3. The Morgan fingerprint density at radius 1 is 1.33 bits per heavy atom. The van der Waals surface area contributed by atoms with Crippen LogP contribution in [0.25, 0.3) is 0 Å². The van der Waals surface area contributed by atoms with E-state index in [9.17, 15) is 10.1 Å². The van der Waals surface area contributed by atoms with Crippen molar-refractivity contribution >= 4 is 5.69 Å². The molecular formula is C14H18N2O2. The number of non-ortho nitro benzene ring substituents is 1. The third-order valence-electron chi connectivity index (χ3n) is 4.55. The molecule has 2 bridgehead atoms. The van der Waals surface area contributed by atoms with E-state index in [1.54, 1.807) is 12.1 Å². The topological polar surface area (TPSA) is 55.2 Å². The van der Waals surface area contributed by atoms with Gasteiger partial charge in [-0.25, -0.2) is 0 Å². The minimum Gasteiger partial charge on any atom is -0.315 e. The normalized spacial score (nSPS) is 28.6. The monoisotopic (exact) mass is 246 g/mol. The highest BCUT2D eigenvalue weighted by Gasteiger charge is 2.42. The van der Waals surface area contributed by atoms with Crippen LogP contribution in [0.5, 0.6) is 0 Å². The second-order valence-electron chi connectivity index (χ2n) is 6.17. The Labute approximate surface area is 107 Å². The van der Waals surface area contributed by atoms with Crippen molar-refractivity contribution in [2.24, 2.45) is 5.41 Å². The summed E-state index contributed by atoms with van der Waals surface area (Å²) in [5.74, 6) is 0.876. The third kappa shape index (κ3) is 1.63. The van der Waals surface area contributed by atoms with Gasteiger partial charge in [-0.15, -0.1) is 0 Å². The van der Waals surface area contributed by atoms with Crippen molar-refractivity contribution in [2.75, 3.05) is 13.1 Å². The van der Waals surface area contributed by atoms with Gasteiger partial charge in [0.15, 0.2) is 0 Å². The van der Waals surface area contributed by atoms with Crippen LogP contribution < -0.4 is 5.32 Å². The number of hydrogen-bond acceptors (Lipinski definition) is 3. The molecule has 0 radical (unpaired) electrons. The molecule has 0 saturated carbocycles. The Kier molecular flexibility index (Phi) is 2.45. The van der Waals surface area contributed by atoms with Crippen LogP contribution in [-0.4, -0.2) is 18.0 Å². The van der Waals surface area contributed by atoms with Gasteiger partial charge < -0.3 is 5.32 Å². The number of hydrogen-bond donors (Lipinski definition) is 1. The molecular weight excluding hydrogens is 228 g/mol. The first-order chi connectivity index (χ1) is 8.49. The minimum atomic E-state index is -0.292. The number of nitrogens with one attached hydrogen (secondary N) is 1. The highest BCUT2D eigenvalue weighted by atomic mass is 16.6. The van der Waals surface area contributed by atoms with E-state index in [1.165, 1.54) is 11.1 Å². The maximum atomic E-state index is 10.9. The van der Waals surface area contributed by atoms with Gasteiger partial charge >= 0.3 is 0 Å². The van der Waals surface area contributed by atoms with Crippen molar-refractivity contribution in [3.8, 4) is 0 Å². The fourth-order valence-electron chi connectivity index (χ4n) is 3.63. The molecule has 2 aliphatic heterocycles. The molecule has 4 heteroatoms. The average Bonchev–Trinajstić information content (AvgIpc) is 2.57. The van der Waals surface area contributed by atoms with Gasteiger partial charge in [0.2, 0.25) is 0 Å². The largest absolute Gasteiger partial charge is 0.315 e. The minimum absolute atomic E-state index is 0.219. The molecule has 4 nitrogen and oxygen atoms in total. The number of nitrogens with zero attached hydrogens (tertiary/aromatic N) is 1. The van der Waals surface area contributed by atoms with Crippen molar-refractivity contribution in [1.29, 1.82) is 0 Å². The molecule has 1 N–H and O–H groups in total. The van der Waals surface area contributed by atoms with E-state index in [-0.39, 0.29) is 16.0 Å². The molecule has 1 aromatic carbocycles. The number of nitro groups is 1. The summed E-state index contributed by atoms with van der Waals surface area (Å²) in [6.45, 7) is 6.47. The van der Waals surface area contributed by atoms with E-state index < -0.39 is 0 Å². The lowest BCUT2D eigenvalue weighted by Crippen LogP contribution is -2.31. The molecule has 2 heterocycles.